The second kappa shape index (κ2) is 8.04. The molecule has 28 heavy (non-hydrogen) atoms. The molecule has 1 amide bonds. The molecule has 0 radical (unpaired) electrons. The Hall–Kier alpha value is -2.20. The molecule has 3 rings (SSSR count). The maximum Gasteiger partial charge on any atom is 0.246 e. The number of aryl methyl sites for hydroxylation is 4. The van der Waals surface area contributed by atoms with E-state index in [2.05, 4.69) is 20.4 Å². The molecule has 10 heteroatoms. The fourth-order valence-corrected chi connectivity index (χ4v) is 5.57. The van der Waals surface area contributed by atoms with Crippen molar-refractivity contribution in [3.8, 4) is 0 Å². The second-order valence-corrected chi connectivity index (χ2v) is 9.19. The first-order valence-corrected chi connectivity index (χ1v) is 11.0. The largest absolute Gasteiger partial charge is 0.341 e. The maximum atomic E-state index is 13.0. The minimum Gasteiger partial charge on any atom is -0.341 e. The van der Waals surface area contributed by atoms with Gasteiger partial charge in [0.2, 0.25) is 15.9 Å². The van der Waals surface area contributed by atoms with Gasteiger partial charge in [-0.05, 0) is 46.1 Å². The van der Waals surface area contributed by atoms with E-state index in [9.17, 15) is 13.2 Å². The lowest BCUT2D eigenvalue weighted by Gasteiger charge is -2.22. The highest BCUT2D eigenvalue weighted by atomic mass is 32.2. The third-order valence-electron chi connectivity index (χ3n) is 5.34. The Bertz CT molecular complexity index is 923. The zero-order valence-electron chi connectivity index (χ0n) is 16.9. The number of H-pyrrole nitrogens is 2. The highest BCUT2D eigenvalue weighted by Crippen LogP contribution is 2.23. The van der Waals surface area contributed by atoms with Crippen LogP contribution < -0.4 is 0 Å². The van der Waals surface area contributed by atoms with Crippen LogP contribution in [0.25, 0.3) is 0 Å². The van der Waals surface area contributed by atoms with Gasteiger partial charge in [-0.1, -0.05) is 0 Å². The Morgan fingerprint density at radius 1 is 0.964 bits per heavy atom. The molecule has 3 heterocycles. The van der Waals surface area contributed by atoms with Gasteiger partial charge in [-0.3, -0.25) is 15.0 Å². The van der Waals surface area contributed by atoms with Crippen LogP contribution in [0.5, 0.6) is 0 Å². The summed E-state index contributed by atoms with van der Waals surface area (Å²) in [4.78, 5) is 14.7. The molecule has 0 aliphatic carbocycles. The van der Waals surface area contributed by atoms with Crippen LogP contribution in [0.1, 0.15) is 41.2 Å². The number of aromatic amines is 2. The lowest BCUT2D eigenvalue weighted by molar-refractivity contribution is -0.131. The van der Waals surface area contributed by atoms with E-state index in [0.29, 0.717) is 56.8 Å². The molecule has 0 saturated carbocycles. The molecular weight excluding hydrogens is 380 g/mol. The van der Waals surface area contributed by atoms with Gasteiger partial charge in [-0.15, -0.1) is 0 Å². The van der Waals surface area contributed by atoms with Crippen molar-refractivity contribution in [2.45, 2.75) is 51.9 Å². The first-order chi connectivity index (χ1) is 13.2. The summed E-state index contributed by atoms with van der Waals surface area (Å²) < 4.78 is 27.5. The normalized spacial score (nSPS) is 16.4. The lowest BCUT2D eigenvalue weighted by atomic mass is 10.1. The second-order valence-electron chi connectivity index (χ2n) is 7.31. The van der Waals surface area contributed by atoms with Gasteiger partial charge in [-0.25, -0.2) is 8.42 Å². The Balaban J connectivity index is 1.64. The molecule has 0 atom stereocenters. The zero-order chi connectivity index (χ0) is 20.5. The number of amides is 1. The Morgan fingerprint density at radius 2 is 1.64 bits per heavy atom. The molecule has 154 valence electrons. The van der Waals surface area contributed by atoms with E-state index in [1.165, 1.54) is 4.31 Å². The van der Waals surface area contributed by atoms with E-state index in [-0.39, 0.29) is 10.8 Å². The molecule has 0 aromatic carbocycles. The van der Waals surface area contributed by atoms with Crippen LogP contribution in [-0.2, 0) is 21.2 Å². The summed E-state index contributed by atoms with van der Waals surface area (Å²) in [6.07, 6.45) is 1.65. The number of carbonyl (C=O) groups excluding carboxylic acids is 1. The van der Waals surface area contributed by atoms with Crippen molar-refractivity contribution in [2.75, 3.05) is 26.2 Å². The third-order valence-corrected chi connectivity index (χ3v) is 7.50. The molecule has 9 nitrogen and oxygen atoms in total. The first kappa shape index (κ1) is 20.5. The smallest absolute Gasteiger partial charge is 0.246 e. The SMILES string of the molecule is Cc1n[nH]c(C)c1CCC(=O)N1CCCN(S(=O)(=O)c2c(C)n[nH]c2C)CC1. The summed E-state index contributed by atoms with van der Waals surface area (Å²) in [5.74, 6) is 0.0509. The van der Waals surface area contributed by atoms with Crippen molar-refractivity contribution in [2.24, 2.45) is 0 Å². The molecular formula is C18H28N6O3S. The molecule has 2 N–H and O–H groups in total. The maximum absolute atomic E-state index is 13.0. The molecule has 0 spiro atoms. The number of rotatable bonds is 5. The zero-order valence-corrected chi connectivity index (χ0v) is 17.7. The summed E-state index contributed by atoms with van der Waals surface area (Å²) in [5, 5.41) is 13.8. The number of sulfonamides is 1. The number of aromatic nitrogens is 4. The third kappa shape index (κ3) is 3.97. The van der Waals surface area contributed by atoms with E-state index in [4.69, 9.17) is 0 Å². The minimum absolute atomic E-state index is 0.0509. The highest BCUT2D eigenvalue weighted by Gasteiger charge is 2.31. The van der Waals surface area contributed by atoms with Gasteiger partial charge in [0.15, 0.2) is 0 Å². The van der Waals surface area contributed by atoms with Gasteiger partial charge in [-0.2, -0.15) is 14.5 Å². The summed E-state index contributed by atoms with van der Waals surface area (Å²) in [6.45, 7) is 8.93. The fraction of sp³-hybridized carbons (Fsp3) is 0.611. The van der Waals surface area contributed by atoms with Gasteiger partial charge in [0.25, 0.3) is 0 Å². The van der Waals surface area contributed by atoms with E-state index in [1.54, 1.807) is 18.7 Å². The van der Waals surface area contributed by atoms with E-state index in [1.807, 2.05) is 13.8 Å². The molecule has 0 unspecified atom stereocenters. The summed E-state index contributed by atoms with van der Waals surface area (Å²) in [5.41, 5.74) is 4.01. The van der Waals surface area contributed by atoms with Crippen LogP contribution in [0.3, 0.4) is 0 Å². The number of nitrogens with one attached hydrogen (secondary N) is 2. The van der Waals surface area contributed by atoms with E-state index in [0.717, 1.165) is 17.0 Å². The average molecular weight is 409 g/mol. The lowest BCUT2D eigenvalue weighted by Crippen LogP contribution is -2.37. The van der Waals surface area contributed by atoms with Crippen LogP contribution in [-0.4, -0.2) is 70.1 Å². The average Bonchev–Trinajstić information content (AvgIpc) is 3.03. The van der Waals surface area contributed by atoms with Gasteiger partial charge >= 0.3 is 0 Å². The quantitative estimate of drug-likeness (QED) is 0.772. The summed E-state index contributed by atoms with van der Waals surface area (Å²) in [7, 11) is -3.62. The Labute approximate surface area is 165 Å². The monoisotopic (exact) mass is 408 g/mol. The van der Waals surface area contributed by atoms with E-state index < -0.39 is 10.0 Å². The van der Waals surface area contributed by atoms with Crippen LogP contribution in [0, 0.1) is 27.7 Å². The van der Waals surface area contributed by atoms with Crippen LogP contribution in [0.15, 0.2) is 4.90 Å². The number of hydrogen-bond donors (Lipinski definition) is 2. The molecule has 1 aliphatic heterocycles. The first-order valence-electron chi connectivity index (χ1n) is 9.51. The predicted octanol–water partition coefficient (Wildman–Crippen LogP) is 1.22. The van der Waals surface area contributed by atoms with Crippen LogP contribution in [0.4, 0.5) is 0 Å². The molecule has 1 fully saturated rings. The van der Waals surface area contributed by atoms with Crippen molar-refractivity contribution in [3.05, 3.63) is 28.3 Å². The van der Waals surface area contributed by atoms with Crippen molar-refractivity contribution in [3.63, 3.8) is 0 Å². The topological polar surface area (TPSA) is 115 Å². The summed E-state index contributed by atoms with van der Waals surface area (Å²) >= 11 is 0. The predicted molar refractivity (Wildman–Crippen MR) is 104 cm³/mol. The van der Waals surface area contributed by atoms with Gasteiger partial charge in [0.05, 0.1) is 17.1 Å². The number of hydrogen-bond acceptors (Lipinski definition) is 5. The summed E-state index contributed by atoms with van der Waals surface area (Å²) in [6, 6.07) is 0. The van der Waals surface area contributed by atoms with Crippen molar-refractivity contribution >= 4 is 15.9 Å². The molecule has 1 aliphatic rings. The van der Waals surface area contributed by atoms with Gasteiger partial charge in [0.1, 0.15) is 4.90 Å². The van der Waals surface area contributed by atoms with Crippen molar-refractivity contribution < 1.29 is 13.2 Å². The standard InChI is InChI=1S/C18H28N6O3S/c1-12-16(13(2)20-19-12)6-7-17(25)23-8-5-9-24(11-10-23)28(26,27)18-14(3)21-22-15(18)4/h5-11H2,1-4H3,(H,19,20)(H,21,22). The minimum atomic E-state index is -3.62. The van der Waals surface area contributed by atoms with Gasteiger partial charge < -0.3 is 4.90 Å². The van der Waals surface area contributed by atoms with Crippen molar-refractivity contribution in [1.29, 1.82) is 0 Å². The fourth-order valence-electron chi connectivity index (χ4n) is 3.77. The molecule has 2 aromatic heterocycles. The van der Waals surface area contributed by atoms with E-state index >= 15 is 0 Å². The molecule has 1 saturated heterocycles. The van der Waals surface area contributed by atoms with Crippen LogP contribution >= 0.6 is 0 Å². The molecule has 0 bridgehead atoms. The number of carbonyl (C=O) groups is 1. The Morgan fingerprint density at radius 3 is 2.25 bits per heavy atom. The van der Waals surface area contributed by atoms with Gasteiger partial charge in [0, 0.05) is 38.3 Å². The highest BCUT2D eigenvalue weighted by molar-refractivity contribution is 7.89. The van der Waals surface area contributed by atoms with Crippen LogP contribution in [0.2, 0.25) is 0 Å². The molecule has 2 aromatic rings. The Kier molecular flexibility index (Phi) is 5.90. The number of nitrogens with zero attached hydrogens (tertiary/aromatic N) is 4. The van der Waals surface area contributed by atoms with Crippen molar-refractivity contribution in [1.82, 2.24) is 29.6 Å².